The lowest BCUT2D eigenvalue weighted by Gasteiger charge is -2.35. The van der Waals surface area contributed by atoms with Crippen LogP contribution < -0.4 is 14.4 Å². The molecule has 8 nitrogen and oxygen atoms in total. The van der Waals surface area contributed by atoms with E-state index in [0.717, 1.165) is 21.0 Å². The van der Waals surface area contributed by atoms with Gasteiger partial charge in [-0.1, -0.05) is 60.5 Å². The molecule has 42 heavy (non-hydrogen) atoms. The number of carbonyl (C=O) groups is 2. The second-order valence-corrected chi connectivity index (χ2v) is 13.5. The summed E-state index contributed by atoms with van der Waals surface area (Å²) in [5.74, 6) is -0.477. The first-order valence-electron chi connectivity index (χ1n) is 13.8. The normalized spacial score (nSPS) is 12.4. The minimum absolute atomic E-state index is 0.0239. The molecule has 3 aromatic rings. The number of aryl methyl sites for hydroxylation is 2. The Kier molecular flexibility index (Phi) is 10.7. The van der Waals surface area contributed by atoms with Crippen LogP contribution in [0.25, 0.3) is 0 Å². The van der Waals surface area contributed by atoms with E-state index < -0.39 is 34.1 Å². The van der Waals surface area contributed by atoms with E-state index in [-0.39, 0.29) is 28.1 Å². The van der Waals surface area contributed by atoms with E-state index in [1.807, 2.05) is 65.8 Å². The largest absolute Gasteiger partial charge is 0.495 e. The fourth-order valence-electron chi connectivity index (χ4n) is 4.52. The summed E-state index contributed by atoms with van der Waals surface area (Å²) in [5.41, 5.74) is 2.37. The summed E-state index contributed by atoms with van der Waals surface area (Å²) in [5, 5.41) is 3.17. The predicted molar refractivity (Wildman–Crippen MR) is 167 cm³/mol. The van der Waals surface area contributed by atoms with E-state index in [9.17, 15) is 18.0 Å². The number of amides is 2. The molecular weight excluding hydrogens is 574 g/mol. The summed E-state index contributed by atoms with van der Waals surface area (Å²) in [4.78, 5) is 29.2. The molecule has 226 valence electrons. The highest BCUT2D eigenvalue weighted by atomic mass is 35.5. The fraction of sp³-hybridized carbons (Fsp3) is 0.375. The van der Waals surface area contributed by atoms with E-state index in [2.05, 4.69) is 5.32 Å². The molecule has 0 aliphatic heterocycles. The highest BCUT2D eigenvalue weighted by Gasteiger charge is 2.35. The molecule has 3 aromatic carbocycles. The van der Waals surface area contributed by atoms with Gasteiger partial charge in [-0.15, -0.1) is 0 Å². The first kappa shape index (κ1) is 32.9. The van der Waals surface area contributed by atoms with Gasteiger partial charge in [-0.05, 0) is 82.5 Å². The lowest BCUT2D eigenvalue weighted by atomic mass is 10.0. The van der Waals surface area contributed by atoms with Crippen molar-refractivity contribution in [2.45, 2.75) is 71.0 Å². The number of nitrogens with zero attached hydrogens (tertiary/aromatic N) is 2. The van der Waals surface area contributed by atoms with Gasteiger partial charge < -0.3 is 15.0 Å². The van der Waals surface area contributed by atoms with Crippen molar-refractivity contribution in [1.82, 2.24) is 10.2 Å². The molecule has 1 N–H and O–H groups in total. The third kappa shape index (κ3) is 8.04. The Morgan fingerprint density at radius 3 is 2.19 bits per heavy atom. The SMILES string of the molecule is CCC(C(=O)NC(C)(C)C)N(Cc1ccccc1C)C(=O)CN(c1ccc(OC)c(Cl)c1)S(=O)(=O)c1ccc(C)cc1. The van der Waals surface area contributed by atoms with Crippen molar-refractivity contribution in [3.63, 3.8) is 0 Å². The monoisotopic (exact) mass is 613 g/mol. The van der Waals surface area contributed by atoms with Crippen LogP contribution in [0.3, 0.4) is 0 Å². The summed E-state index contributed by atoms with van der Waals surface area (Å²) in [7, 11) is -2.75. The van der Waals surface area contributed by atoms with Crippen LogP contribution in [0, 0.1) is 13.8 Å². The number of sulfonamides is 1. The molecule has 0 aliphatic carbocycles. The number of benzene rings is 3. The average molecular weight is 614 g/mol. The topological polar surface area (TPSA) is 96.0 Å². The van der Waals surface area contributed by atoms with Crippen LogP contribution in [-0.4, -0.2) is 50.4 Å². The van der Waals surface area contributed by atoms with Crippen LogP contribution >= 0.6 is 11.6 Å². The van der Waals surface area contributed by atoms with Gasteiger partial charge in [0.25, 0.3) is 10.0 Å². The van der Waals surface area contributed by atoms with Crippen LogP contribution in [0.15, 0.2) is 71.6 Å². The number of nitrogens with one attached hydrogen (secondary N) is 1. The number of hydrogen-bond donors (Lipinski definition) is 1. The quantitative estimate of drug-likeness (QED) is 0.291. The van der Waals surface area contributed by atoms with Gasteiger partial charge in [-0.3, -0.25) is 13.9 Å². The van der Waals surface area contributed by atoms with Gasteiger partial charge in [0, 0.05) is 12.1 Å². The Morgan fingerprint density at radius 2 is 1.64 bits per heavy atom. The van der Waals surface area contributed by atoms with Crippen LogP contribution in [0.5, 0.6) is 5.75 Å². The zero-order valence-corrected chi connectivity index (χ0v) is 26.8. The van der Waals surface area contributed by atoms with E-state index in [1.54, 1.807) is 24.3 Å². The third-order valence-electron chi connectivity index (χ3n) is 6.80. The maximum absolute atomic E-state index is 14.2. The van der Waals surface area contributed by atoms with E-state index in [4.69, 9.17) is 16.3 Å². The summed E-state index contributed by atoms with van der Waals surface area (Å²) in [6.07, 6.45) is 0.332. The standard InChI is InChI=1S/C32H40ClN3O5S/c1-8-28(31(38)34-32(4,5)6)35(20-24-12-10-9-11-23(24)3)30(37)21-36(25-15-18-29(41-7)27(33)19-25)42(39,40)26-16-13-22(2)14-17-26/h9-19,28H,8,20-21H2,1-7H3,(H,34,38). The third-order valence-corrected chi connectivity index (χ3v) is 8.88. The molecule has 2 amide bonds. The Morgan fingerprint density at radius 1 is 1.00 bits per heavy atom. The Hall–Kier alpha value is -3.56. The van der Waals surface area contributed by atoms with Gasteiger partial charge >= 0.3 is 0 Å². The maximum Gasteiger partial charge on any atom is 0.264 e. The molecule has 10 heteroatoms. The van der Waals surface area contributed by atoms with Gasteiger partial charge in [0.1, 0.15) is 18.3 Å². The number of hydrogen-bond acceptors (Lipinski definition) is 5. The lowest BCUT2D eigenvalue weighted by molar-refractivity contribution is -0.141. The number of anilines is 1. The van der Waals surface area contributed by atoms with Crippen LogP contribution in [0.1, 0.15) is 50.8 Å². The predicted octanol–water partition coefficient (Wildman–Crippen LogP) is 5.88. The first-order valence-corrected chi connectivity index (χ1v) is 15.6. The van der Waals surface area contributed by atoms with Gasteiger partial charge in [0.15, 0.2) is 0 Å². The smallest absolute Gasteiger partial charge is 0.264 e. The van der Waals surface area contributed by atoms with Crippen molar-refractivity contribution in [3.05, 3.63) is 88.4 Å². The number of rotatable bonds is 11. The number of ether oxygens (including phenoxy) is 1. The van der Waals surface area contributed by atoms with Crippen LogP contribution in [0.2, 0.25) is 5.02 Å². The van der Waals surface area contributed by atoms with E-state index in [0.29, 0.717) is 12.2 Å². The maximum atomic E-state index is 14.2. The number of halogens is 1. The second-order valence-electron chi connectivity index (χ2n) is 11.3. The van der Waals surface area contributed by atoms with Crippen LogP contribution in [-0.2, 0) is 26.2 Å². The molecular formula is C32H40ClN3O5S. The molecule has 0 aromatic heterocycles. The van der Waals surface area contributed by atoms with E-state index >= 15 is 0 Å². The average Bonchev–Trinajstić information content (AvgIpc) is 2.91. The Bertz CT molecular complexity index is 1520. The Labute approximate surface area is 254 Å². The van der Waals surface area contributed by atoms with E-state index in [1.165, 1.54) is 30.2 Å². The van der Waals surface area contributed by atoms with Crippen molar-refractivity contribution in [3.8, 4) is 5.75 Å². The van der Waals surface area contributed by atoms with Crippen molar-refractivity contribution in [2.24, 2.45) is 0 Å². The zero-order chi connectivity index (χ0) is 31.2. The summed E-state index contributed by atoms with van der Waals surface area (Å²) >= 11 is 6.40. The zero-order valence-electron chi connectivity index (χ0n) is 25.3. The number of methoxy groups -OCH3 is 1. The minimum Gasteiger partial charge on any atom is -0.495 e. The van der Waals surface area contributed by atoms with Crippen molar-refractivity contribution >= 4 is 39.1 Å². The molecule has 0 bridgehead atoms. The van der Waals surface area contributed by atoms with Crippen molar-refractivity contribution < 1.29 is 22.7 Å². The summed E-state index contributed by atoms with van der Waals surface area (Å²) in [6, 6.07) is 17.7. The van der Waals surface area contributed by atoms with Crippen molar-refractivity contribution in [1.29, 1.82) is 0 Å². The van der Waals surface area contributed by atoms with Gasteiger partial charge in [0.05, 0.1) is 22.7 Å². The van der Waals surface area contributed by atoms with Crippen LogP contribution in [0.4, 0.5) is 5.69 Å². The number of carbonyl (C=O) groups excluding carboxylic acids is 2. The van der Waals surface area contributed by atoms with Crippen molar-refractivity contribution in [2.75, 3.05) is 18.0 Å². The lowest BCUT2D eigenvalue weighted by Crippen LogP contribution is -2.55. The molecule has 3 rings (SSSR count). The highest BCUT2D eigenvalue weighted by molar-refractivity contribution is 7.92. The molecule has 0 fully saturated rings. The molecule has 1 atom stereocenters. The molecule has 0 spiro atoms. The second kappa shape index (κ2) is 13.6. The summed E-state index contributed by atoms with van der Waals surface area (Å²) in [6.45, 7) is 10.8. The van der Waals surface area contributed by atoms with Gasteiger partial charge in [-0.25, -0.2) is 8.42 Å². The minimum atomic E-state index is -4.21. The Balaban J connectivity index is 2.12. The van der Waals surface area contributed by atoms with Gasteiger partial charge in [0.2, 0.25) is 11.8 Å². The fourth-order valence-corrected chi connectivity index (χ4v) is 6.18. The molecule has 0 radical (unpaired) electrons. The molecule has 1 unspecified atom stereocenters. The van der Waals surface area contributed by atoms with Gasteiger partial charge in [-0.2, -0.15) is 0 Å². The highest BCUT2D eigenvalue weighted by Crippen LogP contribution is 2.32. The molecule has 0 saturated heterocycles. The molecule has 0 aliphatic rings. The first-order chi connectivity index (χ1) is 19.7. The molecule has 0 heterocycles. The summed E-state index contributed by atoms with van der Waals surface area (Å²) < 4.78 is 34.4. The molecule has 0 saturated carbocycles.